The first-order valence-electron chi connectivity index (χ1n) is 6.70. The fourth-order valence-corrected chi connectivity index (χ4v) is 2.58. The highest BCUT2D eigenvalue weighted by Crippen LogP contribution is 2.47. The predicted molar refractivity (Wildman–Crippen MR) is 78.4 cm³/mol. The molecule has 0 amide bonds. The summed E-state index contributed by atoms with van der Waals surface area (Å²) in [6.07, 6.45) is 1.23. The molecule has 0 saturated heterocycles. The lowest BCUT2D eigenvalue weighted by molar-refractivity contribution is 0.110. The molecule has 0 unspecified atom stereocenters. The number of rotatable bonds is 5. The molecule has 3 rings (SSSR count). The third-order valence-corrected chi connectivity index (χ3v) is 3.92. The molecule has 1 fully saturated rings. The first-order valence-corrected chi connectivity index (χ1v) is 7.08. The number of benzene rings is 2. The lowest BCUT2D eigenvalue weighted by Gasteiger charge is -2.04. The average molecular weight is 273 g/mol. The Balaban J connectivity index is 1.45. The van der Waals surface area contributed by atoms with Crippen LogP contribution in [0, 0.1) is 5.92 Å². The second-order valence-corrected chi connectivity index (χ2v) is 5.59. The zero-order chi connectivity index (χ0) is 13.1. The van der Waals surface area contributed by atoms with Gasteiger partial charge in [-0.15, -0.1) is 0 Å². The molecule has 0 radical (unpaired) electrons. The summed E-state index contributed by atoms with van der Waals surface area (Å²) in [5, 5.41) is 0.807. The van der Waals surface area contributed by atoms with Gasteiger partial charge in [0, 0.05) is 5.02 Å². The maximum absolute atomic E-state index is 5.90. The van der Waals surface area contributed by atoms with Gasteiger partial charge < -0.3 is 4.74 Å². The molecule has 0 bridgehead atoms. The van der Waals surface area contributed by atoms with Crippen LogP contribution in [-0.2, 0) is 11.3 Å². The summed E-state index contributed by atoms with van der Waals surface area (Å²) < 4.78 is 5.79. The third kappa shape index (κ3) is 3.37. The molecule has 0 aromatic heterocycles. The van der Waals surface area contributed by atoms with Crippen LogP contribution in [0.5, 0.6) is 0 Å². The van der Waals surface area contributed by atoms with E-state index >= 15 is 0 Å². The molecule has 98 valence electrons. The summed E-state index contributed by atoms with van der Waals surface area (Å²) in [5.74, 6) is 1.33. The van der Waals surface area contributed by atoms with Crippen LogP contribution in [-0.4, -0.2) is 6.61 Å². The van der Waals surface area contributed by atoms with E-state index in [1.54, 1.807) is 0 Å². The molecule has 0 spiro atoms. The third-order valence-electron chi connectivity index (χ3n) is 3.66. The lowest BCUT2D eigenvalue weighted by atomic mass is 10.1. The summed E-state index contributed by atoms with van der Waals surface area (Å²) in [5.41, 5.74) is 2.63. The van der Waals surface area contributed by atoms with Crippen LogP contribution < -0.4 is 0 Å². The van der Waals surface area contributed by atoms with Gasteiger partial charge in [-0.3, -0.25) is 0 Å². The number of hydrogen-bond donors (Lipinski definition) is 0. The highest BCUT2D eigenvalue weighted by Gasteiger charge is 2.38. The molecule has 1 aliphatic carbocycles. The van der Waals surface area contributed by atoms with Gasteiger partial charge in [0.15, 0.2) is 0 Å². The van der Waals surface area contributed by atoms with Crippen molar-refractivity contribution in [2.75, 3.05) is 6.61 Å². The van der Waals surface area contributed by atoms with Crippen LogP contribution in [0.3, 0.4) is 0 Å². The zero-order valence-electron chi connectivity index (χ0n) is 10.8. The summed E-state index contributed by atoms with van der Waals surface area (Å²) >= 11 is 5.90. The van der Waals surface area contributed by atoms with E-state index in [1.165, 1.54) is 17.5 Å². The van der Waals surface area contributed by atoms with E-state index < -0.39 is 0 Å². The standard InChI is InChI=1S/C17H17ClO/c18-16-8-6-14(7-9-16)17-10-15(17)12-19-11-13-4-2-1-3-5-13/h1-9,15,17H,10-12H2/t15-,17-/m1/s1. The quantitative estimate of drug-likeness (QED) is 0.769. The van der Waals surface area contributed by atoms with Gasteiger partial charge in [0.1, 0.15) is 0 Å². The summed E-state index contributed by atoms with van der Waals surface area (Å²) in [7, 11) is 0. The van der Waals surface area contributed by atoms with Gasteiger partial charge in [-0.25, -0.2) is 0 Å². The van der Waals surface area contributed by atoms with Crippen molar-refractivity contribution < 1.29 is 4.74 Å². The van der Waals surface area contributed by atoms with Crippen molar-refractivity contribution in [1.29, 1.82) is 0 Å². The zero-order valence-corrected chi connectivity index (χ0v) is 11.5. The summed E-state index contributed by atoms with van der Waals surface area (Å²) in [4.78, 5) is 0. The Bertz CT molecular complexity index is 521. The minimum absolute atomic E-state index is 0.660. The molecule has 1 aliphatic rings. The highest BCUT2D eigenvalue weighted by molar-refractivity contribution is 6.30. The number of ether oxygens (including phenoxy) is 1. The largest absolute Gasteiger partial charge is 0.376 e. The molecule has 2 atom stereocenters. The molecule has 0 N–H and O–H groups in total. The Kier molecular flexibility index (Phi) is 3.86. The van der Waals surface area contributed by atoms with Crippen LogP contribution in [0.2, 0.25) is 5.02 Å². The van der Waals surface area contributed by atoms with E-state index in [1.807, 2.05) is 30.3 Å². The Morgan fingerprint density at radius 1 is 1.00 bits per heavy atom. The maximum Gasteiger partial charge on any atom is 0.0717 e. The van der Waals surface area contributed by atoms with Gasteiger partial charge in [0.05, 0.1) is 13.2 Å². The second kappa shape index (κ2) is 5.77. The van der Waals surface area contributed by atoms with E-state index in [-0.39, 0.29) is 0 Å². The van der Waals surface area contributed by atoms with Crippen molar-refractivity contribution in [1.82, 2.24) is 0 Å². The van der Waals surface area contributed by atoms with Gasteiger partial charge in [-0.2, -0.15) is 0 Å². The second-order valence-electron chi connectivity index (χ2n) is 5.15. The first-order chi connectivity index (χ1) is 9.33. The van der Waals surface area contributed by atoms with Crippen LogP contribution in [0.4, 0.5) is 0 Å². The molecular formula is C17H17ClO. The van der Waals surface area contributed by atoms with E-state index in [9.17, 15) is 0 Å². The molecule has 19 heavy (non-hydrogen) atoms. The Hall–Kier alpha value is -1.31. The van der Waals surface area contributed by atoms with Gasteiger partial charge >= 0.3 is 0 Å². The SMILES string of the molecule is Clc1ccc([C@H]2C[C@@H]2COCc2ccccc2)cc1. The van der Waals surface area contributed by atoms with E-state index in [2.05, 4.69) is 24.3 Å². The number of halogens is 1. The molecule has 0 heterocycles. The molecule has 2 aromatic carbocycles. The van der Waals surface area contributed by atoms with Gasteiger partial charge in [-0.1, -0.05) is 54.1 Å². The van der Waals surface area contributed by atoms with Gasteiger partial charge in [0.2, 0.25) is 0 Å². The Labute approximate surface area is 119 Å². The minimum atomic E-state index is 0.660. The fraction of sp³-hybridized carbons (Fsp3) is 0.294. The van der Waals surface area contributed by atoms with E-state index in [0.29, 0.717) is 18.4 Å². The summed E-state index contributed by atoms with van der Waals surface area (Å²) in [6, 6.07) is 18.5. The maximum atomic E-state index is 5.90. The van der Waals surface area contributed by atoms with Crippen molar-refractivity contribution in [2.24, 2.45) is 5.92 Å². The van der Waals surface area contributed by atoms with Crippen LogP contribution in [0.25, 0.3) is 0 Å². The Morgan fingerprint density at radius 2 is 1.74 bits per heavy atom. The molecular weight excluding hydrogens is 256 g/mol. The van der Waals surface area contributed by atoms with E-state index in [0.717, 1.165) is 11.6 Å². The molecule has 0 aliphatic heterocycles. The molecule has 2 heteroatoms. The van der Waals surface area contributed by atoms with Crippen LogP contribution in [0.1, 0.15) is 23.5 Å². The predicted octanol–water partition coefficient (Wildman–Crippen LogP) is 4.66. The molecule has 1 nitrogen and oxygen atoms in total. The lowest BCUT2D eigenvalue weighted by Crippen LogP contribution is -1.98. The van der Waals surface area contributed by atoms with Gasteiger partial charge in [0.25, 0.3) is 0 Å². The van der Waals surface area contributed by atoms with Crippen LogP contribution >= 0.6 is 11.6 Å². The minimum Gasteiger partial charge on any atom is -0.376 e. The number of hydrogen-bond acceptors (Lipinski definition) is 1. The van der Waals surface area contributed by atoms with Crippen molar-refractivity contribution in [3.63, 3.8) is 0 Å². The smallest absolute Gasteiger partial charge is 0.0717 e. The molecule has 2 aromatic rings. The van der Waals surface area contributed by atoms with E-state index in [4.69, 9.17) is 16.3 Å². The van der Waals surface area contributed by atoms with Gasteiger partial charge in [-0.05, 0) is 41.5 Å². The Morgan fingerprint density at radius 3 is 2.47 bits per heavy atom. The van der Waals surface area contributed by atoms with Crippen LogP contribution in [0.15, 0.2) is 54.6 Å². The highest BCUT2D eigenvalue weighted by atomic mass is 35.5. The first kappa shape index (κ1) is 12.7. The average Bonchev–Trinajstić information content (AvgIpc) is 3.20. The molecule has 1 saturated carbocycles. The topological polar surface area (TPSA) is 9.23 Å². The van der Waals surface area contributed by atoms with Crippen molar-refractivity contribution in [3.8, 4) is 0 Å². The van der Waals surface area contributed by atoms with Crippen molar-refractivity contribution in [3.05, 3.63) is 70.7 Å². The van der Waals surface area contributed by atoms with Crippen molar-refractivity contribution >= 4 is 11.6 Å². The normalized spacial score (nSPS) is 21.3. The fourth-order valence-electron chi connectivity index (χ4n) is 2.45. The van der Waals surface area contributed by atoms with Crippen molar-refractivity contribution in [2.45, 2.75) is 18.9 Å². The summed E-state index contributed by atoms with van der Waals surface area (Å²) in [6.45, 7) is 1.56. The monoisotopic (exact) mass is 272 g/mol.